The Morgan fingerprint density at radius 1 is 0.900 bits per heavy atom. The quantitative estimate of drug-likeness (QED) is 0.487. The number of ether oxygens (including phenoxy) is 1. The lowest BCUT2D eigenvalue weighted by Gasteiger charge is -2.05. The maximum Gasteiger partial charge on any atom is 0.0705 e. The number of rotatable bonds is 9. The molecule has 0 unspecified atom stereocenters. The number of alkyl halides is 1. The van der Waals surface area contributed by atoms with Crippen molar-refractivity contribution in [1.82, 2.24) is 4.98 Å². The average molecular weight is 336 g/mol. The molecule has 2 nitrogen and oxygen atoms in total. The normalized spacial score (nSPS) is 11.1. The van der Waals surface area contributed by atoms with E-state index < -0.39 is 0 Å². The molecular formula is C17H22BrNO. The SMILES string of the molecule is BrCCCCCCOCCc1ccc2ccccc2n1. The summed E-state index contributed by atoms with van der Waals surface area (Å²) < 4.78 is 5.68. The van der Waals surface area contributed by atoms with Crippen LogP contribution in [0.15, 0.2) is 36.4 Å². The molecule has 2 aromatic rings. The van der Waals surface area contributed by atoms with Gasteiger partial charge in [-0.2, -0.15) is 0 Å². The molecule has 0 aliphatic heterocycles. The molecular weight excluding hydrogens is 314 g/mol. The topological polar surface area (TPSA) is 22.1 Å². The minimum atomic E-state index is 0.768. The van der Waals surface area contributed by atoms with Crippen LogP contribution in [-0.4, -0.2) is 23.5 Å². The predicted octanol–water partition coefficient (Wildman–Crippen LogP) is 4.75. The minimum absolute atomic E-state index is 0.768. The van der Waals surface area contributed by atoms with E-state index in [1.807, 2.05) is 12.1 Å². The van der Waals surface area contributed by atoms with Crippen molar-refractivity contribution in [2.75, 3.05) is 18.5 Å². The predicted molar refractivity (Wildman–Crippen MR) is 88.5 cm³/mol. The van der Waals surface area contributed by atoms with Crippen molar-refractivity contribution in [1.29, 1.82) is 0 Å². The molecule has 0 aliphatic carbocycles. The second-order valence-electron chi connectivity index (χ2n) is 4.96. The smallest absolute Gasteiger partial charge is 0.0705 e. The number of halogens is 1. The third kappa shape index (κ3) is 5.22. The van der Waals surface area contributed by atoms with Crippen LogP contribution in [-0.2, 0) is 11.2 Å². The molecule has 0 atom stereocenters. The minimum Gasteiger partial charge on any atom is -0.381 e. The molecule has 0 saturated heterocycles. The summed E-state index contributed by atoms with van der Waals surface area (Å²) >= 11 is 3.45. The second kappa shape index (κ2) is 9.09. The molecule has 108 valence electrons. The Bertz CT molecular complexity index is 515. The van der Waals surface area contributed by atoms with Crippen LogP contribution in [0.4, 0.5) is 0 Å². The first-order valence-corrected chi connectivity index (χ1v) is 8.50. The van der Waals surface area contributed by atoms with Crippen molar-refractivity contribution < 1.29 is 4.74 Å². The van der Waals surface area contributed by atoms with Gasteiger partial charge in [-0.1, -0.05) is 53.0 Å². The molecule has 3 heteroatoms. The van der Waals surface area contributed by atoms with Crippen LogP contribution in [0.3, 0.4) is 0 Å². The number of hydrogen-bond acceptors (Lipinski definition) is 2. The van der Waals surface area contributed by atoms with E-state index in [1.165, 1.54) is 24.6 Å². The average Bonchev–Trinajstić information content (AvgIpc) is 2.50. The Kier molecular flexibility index (Phi) is 7.02. The van der Waals surface area contributed by atoms with Gasteiger partial charge in [0.25, 0.3) is 0 Å². The molecule has 0 N–H and O–H groups in total. The van der Waals surface area contributed by atoms with Crippen LogP contribution in [0.2, 0.25) is 0 Å². The van der Waals surface area contributed by atoms with Gasteiger partial charge in [0, 0.05) is 29.4 Å². The molecule has 1 heterocycles. The highest BCUT2D eigenvalue weighted by Gasteiger charge is 1.98. The van der Waals surface area contributed by atoms with E-state index in [0.717, 1.165) is 42.6 Å². The highest BCUT2D eigenvalue weighted by atomic mass is 79.9. The van der Waals surface area contributed by atoms with E-state index in [1.54, 1.807) is 0 Å². The molecule has 0 saturated carbocycles. The van der Waals surface area contributed by atoms with Crippen LogP contribution in [0.1, 0.15) is 31.4 Å². The van der Waals surface area contributed by atoms with Crippen molar-refractivity contribution in [3.05, 3.63) is 42.1 Å². The van der Waals surface area contributed by atoms with E-state index in [2.05, 4.69) is 45.2 Å². The number of nitrogens with zero attached hydrogens (tertiary/aromatic N) is 1. The van der Waals surface area contributed by atoms with E-state index in [9.17, 15) is 0 Å². The number of pyridine rings is 1. The lowest BCUT2D eigenvalue weighted by molar-refractivity contribution is 0.132. The number of para-hydroxylation sites is 1. The zero-order valence-electron chi connectivity index (χ0n) is 11.9. The van der Waals surface area contributed by atoms with Gasteiger partial charge in [-0.05, 0) is 25.0 Å². The standard InChI is InChI=1S/C17H22BrNO/c18-12-5-1-2-6-13-20-14-11-16-10-9-15-7-3-4-8-17(15)19-16/h3-4,7-10H,1-2,5-6,11-14H2. The number of aromatic nitrogens is 1. The summed E-state index contributed by atoms with van der Waals surface area (Å²) in [5.41, 5.74) is 2.18. The van der Waals surface area contributed by atoms with Gasteiger partial charge < -0.3 is 4.74 Å². The van der Waals surface area contributed by atoms with Gasteiger partial charge in [0.2, 0.25) is 0 Å². The van der Waals surface area contributed by atoms with Crippen LogP contribution in [0.25, 0.3) is 10.9 Å². The lowest BCUT2D eigenvalue weighted by Crippen LogP contribution is -2.02. The molecule has 0 amide bonds. The molecule has 0 radical (unpaired) electrons. The van der Waals surface area contributed by atoms with Crippen LogP contribution < -0.4 is 0 Å². The third-order valence-electron chi connectivity index (χ3n) is 3.33. The summed E-state index contributed by atoms with van der Waals surface area (Å²) in [4.78, 5) is 4.65. The molecule has 1 aromatic carbocycles. The first-order chi connectivity index (χ1) is 9.90. The molecule has 0 fully saturated rings. The Hall–Kier alpha value is -0.930. The van der Waals surface area contributed by atoms with Gasteiger partial charge in [0.15, 0.2) is 0 Å². The molecule has 1 aromatic heterocycles. The summed E-state index contributed by atoms with van der Waals surface area (Å²) in [6.07, 6.45) is 5.88. The van der Waals surface area contributed by atoms with Crippen LogP contribution >= 0.6 is 15.9 Å². The van der Waals surface area contributed by atoms with Crippen molar-refractivity contribution in [3.8, 4) is 0 Å². The Morgan fingerprint density at radius 3 is 2.65 bits per heavy atom. The Morgan fingerprint density at radius 2 is 1.75 bits per heavy atom. The van der Waals surface area contributed by atoms with Crippen LogP contribution in [0.5, 0.6) is 0 Å². The number of hydrogen-bond donors (Lipinski definition) is 0. The Labute approximate surface area is 129 Å². The Balaban J connectivity index is 1.65. The summed E-state index contributed by atoms with van der Waals surface area (Å²) in [6, 6.07) is 12.5. The van der Waals surface area contributed by atoms with Gasteiger partial charge in [0.1, 0.15) is 0 Å². The van der Waals surface area contributed by atoms with E-state index in [-0.39, 0.29) is 0 Å². The molecule has 0 aliphatic rings. The van der Waals surface area contributed by atoms with Crippen molar-refractivity contribution in [2.45, 2.75) is 32.1 Å². The van der Waals surface area contributed by atoms with E-state index in [4.69, 9.17) is 4.74 Å². The van der Waals surface area contributed by atoms with Gasteiger partial charge in [-0.25, -0.2) is 0 Å². The van der Waals surface area contributed by atoms with Crippen molar-refractivity contribution >= 4 is 26.8 Å². The zero-order chi connectivity index (χ0) is 14.0. The van der Waals surface area contributed by atoms with Gasteiger partial charge in [0.05, 0.1) is 12.1 Å². The monoisotopic (exact) mass is 335 g/mol. The highest BCUT2D eigenvalue weighted by molar-refractivity contribution is 9.09. The summed E-state index contributed by atoms with van der Waals surface area (Å²) in [7, 11) is 0. The first-order valence-electron chi connectivity index (χ1n) is 7.38. The summed E-state index contributed by atoms with van der Waals surface area (Å²) in [6.45, 7) is 1.64. The molecule has 20 heavy (non-hydrogen) atoms. The summed E-state index contributed by atoms with van der Waals surface area (Å²) in [5.74, 6) is 0. The first kappa shape index (κ1) is 15.5. The number of unbranched alkanes of at least 4 members (excludes halogenated alkanes) is 3. The summed E-state index contributed by atoms with van der Waals surface area (Å²) in [5, 5.41) is 2.31. The molecule has 0 spiro atoms. The molecule has 2 rings (SSSR count). The van der Waals surface area contributed by atoms with E-state index >= 15 is 0 Å². The maximum atomic E-state index is 5.68. The fraction of sp³-hybridized carbons (Fsp3) is 0.471. The lowest BCUT2D eigenvalue weighted by atomic mass is 10.2. The third-order valence-corrected chi connectivity index (χ3v) is 3.89. The second-order valence-corrected chi connectivity index (χ2v) is 5.75. The fourth-order valence-electron chi connectivity index (χ4n) is 2.18. The van der Waals surface area contributed by atoms with E-state index in [0.29, 0.717) is 0 Å². The largest absolute Gasteiger partial charge is 0.381 e. The van der Waals surface area contributed by atoms with Gasteiger partial charge in [-0.15, -0.1) is 0 Å². The maximum absolute atomic E-state index is 5.68. The highest BCUT2D eigenvalue weighted by Crippen LogP contribution is 2.12. The molecule has 0 bridgehead atoms. The van der Waals surface area contributed by atoms with Crippen molar-refractivity contribution in [3.63, 3.8) is 0 Å². The van der Waals surface area contributed by atoms with Crippen LogP contribution in [0, 0.1) is 0 Å². The number of fused-ring (bicyclic) bond motifs is 1. The number of benzene rings is 1. The zero-order valence-corrected chi connectivity index (χ0v) is 13.4. The fourth-order valence-corrected chi connectivity index (χ4v) is 2.57. The van der Waals surface area contributed by atoms with Gasteiger partial charge >= 0.3 is 0 Å². The van der Waals surface area contributed by atoms with Gasteiger partial charge in [-0.3, -0.25) is 4.98 Å². The van der Waals surface area contributed by atoms with Crippen molar-refractivity contribution in [2.24, 2.45) is 0 Å².